The predicted molar refractivity (Wildman–Crippen MR) is 135 cm³/mol. The number of methoxy groups -OCH3 is 1. The summed E-state index contributed by atoms with van der Waals surface area (Å²) in [4.78, 5) is 33.1. The zero-order valence-corrected chi connectivity index (χ0v) is 21.8. The minimum absolute atomic E-state index is 0.0169. The fourth-order valence-corrected chi connectivity index (χ4v) is 5.35. The largest absolute Gasteiger partial charge is 0.496 e. The van der Waals surface area contributed by atoms with Crippen LogP contribution in [0.4, 0.5) is 0 Å². The summed E-state index contributed by atoms with van der Waals surface area (Å²) in [5.41, 5.74) is 1.17. The lowest BCUT2D eigenvalue weighted by atomic mass is 9.83. The Morgan fingerprint density at radius 1 is 1.23 bits per heavy atom. The van der Waals surface area contributed by atoms with E-state index in [2.05, 4.69) is 25.8 Å². The smallest absolute Gasteiger partial charge is 0.329 e. The van der Waals surface area contributed by atoms with Crippen molar-refractivity contribution in [3.63, 3.8) is 0 Å². The molecule has 3 rings (SSSR count). The van der Waals surface area contributed by atoms with E-state index in [0.29, 0.717) is 17.0 Å². The molecule has 0 spiro atoms. The van der Waals surface area contributed by atoms with Crippen LogP contribution in [0.2, 0.25) is 0 Å². The van der Waals surface area contributed by atoms with Gasteiger partial charge in [0.25, 0.3) is 5.91 Å². The first kappa shape index (κ1) is 26.7. The average Bonchev–Trinajstić information content (AvgIpc) is 3.12. The number of likely N-dealkylation sites (tertiary alicyclic amines) is 1. The fourth-order valence-electron chi connectivity index (χ4n) is 5.35. The van der Waals surface area contributed by atoms with Crippen molar-refractivity contribution in [2.75, 3.05) is 13.7 Å². The van der Waals surface area contributed by atoms with E-state index >= 15 is 0 Å². The van der Waals surface area contributed by atoms with Crippen molar-refractivity contribution in [3.05, 3.63) is 58.9 Å². The van der Waals surface area contributed by atoms with Crippen LogP contribution in [0.3, 0.4) is 0 Å². The molecule has 1 fully saturated rings. The molecule has 1 aliphatic rings. The van der Waals surface area contributed by atoms with E-state index in [9.17, 15) is 19.8 Å². The van der Waals surface area contributed by atoms with E-state index in [1.165, 1.54) is 4.90 Å². The van der Waals surface area contributed by atoms with Gasteiger partial charge in [0.05, 0.1) is 18.8 Å². The minimum Gasteiger partial charge on any atom is -0.496 e. The molecule has 3 atom stereocenters. The topological polar surface area (TPSA) is 100.0 Å². The Bertz CT molecular complexity index is 1070. The summed E-state index contributed by atoms with van der Waals surface area (Å²) in [6, 6.07) is 8.34. The van der Waals surface area contributed by atoms with Crippen molar-refractivity contribution in [3.8, 4) is 5.75 Å². The summed E-state index contributed by atoms with van der Waals surface area (Å²) in [7, 11) is 1.57. The van der Waals surface area contributed by atoms with Crippen molar-refractivity contribution in [1.82, 2.24) is 9.88 Å². The number of amides is 1. The number of aromatic nitrogens is 1. The lowest BCUT2D eigenvalue weighted by Crippen LogP contribution is -2.54. The number of carbonyl (C=O) groups excluding carboxylic acids is 1. The Labute approximate surface area is 208 Å². The third-order valence-corrected chi connectivity index (χ3v) is 6.88. The number of aliphatic hydroxyl groups excluding tert-OH is 1. The lowest BCUT2D eigenvalue weighted by molar-refractivity contribution is -0.150. The van der Waals surface area contributed by atoms with Gasteiger partial charge in [-0.25, -0.2) is 4.79 Å². The van der Waals surface area contributed by atoms with Gasteiger partial charge >= 0.3 is 5.97 Å². The number of benzene rings is 1. The third-order valence-electron chi connectivity index (χ3n) is 6.88. The lowest BCUT2D eigenvalue weighted by Gasteiger charge is -2.39. The SMILES string of the molecule is COc1cc(C(=O)N2[C@@H](c3ccc(C)cn3)[C@@H](CO)C[C@@]2(CC(C)C)C(=O)O)ccc1C(C)(C)C. The van der Waals surface area contributed by atoms with Crippen LogP contribution in [-0.2, 0) is 10.2 Å². The number of aliphatic hydroxyl groups is 1. The van der Waals surface area contributed by atoms with Crippen molar-refractivity contribution in [1.29, 1.82) is 0 Å². The third kappa shape index (κ3) is 5.06. The summed E-state index contributed by atoms with van der Waals surface area (Å²) >= 11 is 0. The first-order valence-corrected chi connectivity index (χ1v) is 12.1. The summed E-state index contributed by atoms with van der Waals surface area (Å²) in [6.07, 6.45) is 2.13. The molecule has 0 saturated carbocycles. The molecule has 0 radical (unpaired) electrons. The summed E-state index contributed by atoms with van der Waals surface area (Å²) < 4.78 is 5.62. The molecule has 0 aliphatic carbocycles. The van der Waals surface area contributed by atoms with Gasteiger partial charge in [0.15, 0.2) is 0 Å². The number of pyridine rings is 1. The number of carboxylic acid groups (broad SMARTS) is 1. The number of carbonyl (C=O) groups is 2. The normalized spacial score (nSPS) is 22.5. The highest BCUT2D eigenvalue weighted by Gasteiger charge is 2.59. The van der Waals surface area contributed by atoms with Crippen molar-refractivity contribution in [2.24, 2.45) is 11.8 Å². The Morgan fingerprint density at radius 2 is 1.91 bits per heavy atom. The quantitative estimate of drug-likeness (QED) is 0.590. The summed E-state index contributed by atoms with van der Waals surface area (Å²) in [5, 5.41) is 20.8. The number of ether oxygens (including phenoxy) is 1. The number of carboxylic acids is 1. The standard InChI is InChI=1S/C28H38N2O5/c1-17(2)13-28(26(33)34)14-20(16-31)24(22-11-8-18(3)15-29-22)30(28)25(32)19-9-10-21(27(4,5)6)23(12-19)35-7/h8-12,15,17,20,24,31H,13-14,16H2,1-7H3,(H,33,34)/t20-,24-,28+/m1/s1. The van der Waals surface area contributed by atoms with Gasteiger partial charge in [0.1, 0.15) is 11.3 Å². The van der Waals surface area contributed by atoms with Gasteiger partial charge in [-0.3, -0.25) is 9.78 Å². The first-order chi connectivity index (χ1) is 16.4. The molecule has 1 amide bonds. The molecule has 1 aliphatic heterocycles. The van der Waals surface area contributed by atoms with Gasteiger partial charge in [-0.2, -0.15) is 0 Å². The molecule has 2 heterocycles. The highest BCUT2D eigenvalue weighted by atomic mass is 16.5. The van der Waals surface area contributed by atoms with Crippen LogP contribution in [0.15, 0.2) is 36.5 Å². The highest BCUT2D eigenvalue weighted by molar-refractivity contribution is 5.99. The second kappa shape index (κ2) is 9.97. The maximum Gasteiger partial charge on any atom is 0.329 e. The van der Waals surface area contributed by atoms with Gasteiger partial charge in [0.2, 0.25) is 0 Å². The van der Waals surface area contributed by atoms with Gasteiger partial charge in [0, 0.05) is 24.3 Å². The summed E-state index contributed by atoms with van der Waals surface area (Å²) in [5.74, 6) is -1.33. The van der Waals surface area contributed by atoms with E-state index in [1.54, 1.807) is 25.4 Å². The summed E-state index contributed by atoms with van der Waals surface area (Å²) in [6.45, 7) is 11.8. The van der Waals surface area contributed by atoms with Crippen LogP contribution in [0, 0.1) is 18.8 Å². The number of hydrogen-bond acceptors (Lipinski definition) is 5. The predicted octanol–water partition coefficient (Wildman–Crippen LogP) is 4.76. The van der Waals surface area contributed by atoms with Crippen molar-refractivity contribution < 1.29 is 24.5 Å². The number of rotatable bonds is 7. The monoisotopic (exact) mass is 482 g/mol. The number of nitrogens with zero attached hydrogens (tertiary/aromatic N) is 2. The first-order valence-electron chi connectivity index (χ1n) is 12.1. The van der Waals surface area contributed by atoms with Crippen LogP contribution in [-0.4, -0.2) is 51.2 Å². The van der Waals surface area contributed by atoms with E-state index in [4.69, 9.17) is 4.74 Å². The van der Waals surface area contributed by atoms with E-state index in [-0.39, 0.29) is 30.8 Å². The van der Waals surface area contributed by atoms with Crippen molar-refractivity contribution in [2.45, 2.75) is 71.4 Å². The molecular weight excluding hydrogens is 444 g/mol. The average molecular weight is 483 g/mol. The zero-order valence-electron chi connectivity index (χ0n) is 21.8. The Hall–Kier alpha value is -2.93. The second-order valence-corrected chi connectivity index (χ2v) is 11.1. The van der Waals surface area contributed by atoms with Gasteiger partial charge in [-0.1, -0.05) is 46.8 Å². The number of aliphatic carboxylic acids is 1. The molecule has 35 heavy (non-hydrogen) atoms. The van der Waals surface area contributed by atoms with E-state index < -0.39 is 29.4 Å². The van der Waals surface area contributed by atoms with E-state index in [1.807, 2.05) is 39.0 Å². The Balaban J connectivity index is 2.22. The maximum absolute atomic E-state index is 14.2. The van der Waals surface area contributed by atoms with E-state index in [0.717, 1.165) is 11.1 Å². The molecule has 1 saturated heterocycles. The van der Waals surface area contributed by atoms with Crippen LogP contribution in [0.5, 0.6) is 5.75 Å². The molecule has 2 N–H and O–H groups in total. The van der Waals surface area contributed by atoms with Crippen LogP contribution in [0.1, 0.15) is 80.7 Å². The fraction of sp³-hybridized carbons (Fsp3) is 0.536. The Kier molecular flexibility index (Phi) is 7.60. The molecule has 190 valence electrons. The van der Waals surface area contributed by atoms with Gasteiger partial charge in [-0.05, 0) is 60.4 Å². The number of hydrogen-bond donors (Lipinski definition) is 2. The minimum atomic E-state index is -1.47. The molecule has 1 aromatic carbocycles. The molecule has 0 bridgehead atoms. The van der Waals surface area contributed by atoms with Gasteiger partial charge in [-0.15, -0.1) is 0 Å². The maximum atomic E-state index is 14.2. The molecule has 0 unspecified atom stereocenters. The van der Waals surface area contributed by atoms with Crippen LogP contribution < -0.4 is 4.74 Å². The zero-order chi connectivity index (χ0) is 26.1. The molecule has 7 nitrogen and oxygen atoms in total. The second-order valence-electron chi connectivity index (χ2n) is 11.1. The number of aryl methyl sites for hydroxylation is 1. The van der Waals surface area contributed by atoms with Gasteiger partial charge < -0.3 is 19.8 Å². The van der Waals surface area contributed by atoms with Crippen LogP contribution in [0.25, 0.3) is 0 Å². The molecule has 1 aromatic heterocycles. The van der Waals surface area contributed by atoms with Crippen molar-refractivity contribution >= 4 is 11.9 Å². The highest BCUT2D eigenvalue weighted by Crippen LogP contribution is 2.50. The molecule has 2 aromatic rings. The molecular formula is C28H38N2O5. The Morgan fingerprint density at radius 3 is 2.40 bits per heavy atom. The van der Waals surface area contributed by atoms with Crippen LogP contribution >= 0.6 is 0 Å². The molecule has 7 heteroatoms.